The van der Waals surface area contributed by atoms with E-state index in [0.29, 0.717) is 16.8 Å². The van der Waals surface area contributed by atoms with E-state index in [4.69, 9.17) is 0 Å². The molecule has 30 heavy (non-hydrogen) atoms. The Balaban J connectivity index is 1.67. The number of aromatic nitrogens is 2. The summed E-state index contributed by atoms with van der Waals surface area (Å²) < 4.78 is 2.74. The molecule has 4 aromatic rings. The van der Waals surface area contributed by atoms with Crippen LogP contribution in [0.3, 0.4) is 0 Å². The predicted octanol–water partition coefficient (Wildman–Crippen LogP) is 4.40. The van der Waals surface area contributed by atoms with Crippen molar-refractivity contribution in [1.82, 2.24) is 14.8 Å². The summed E-state index contributed by atoms with van der Waals surface area (Å²) in [6, 6.07) is 16.1. The Morgan fingerprint density at radius 1 is 1.03 bits per heavy atom. The monoisotopic (exact) mass is 460 g/mol. The normalized spacial score (nSPS) is 11.1. The van der Waals surface area contributed by atoms with E-state index in [-0.39, 0.29) is 11.7 Å². The van der Waals surface area contributed by atoms with Gasteiger partial charge >= 0.3 is 0 Å². The first kappa shape index (κ1) is 19.7. The Kier molecular flexibility index (Phi) is 5.54. The second kappa shape index (κ2) is 8.42. The lowest BCUT2D eigenvalue weighted by Crippen LogP contribution is -2.17. The smallest absolute Gasteiger partial charge is 0.271 e. The molecular weight excluding hydrogens is 444 g/mol. The molecular formula is C23H17BrN4O2. The number of carbonyl (C=O) groups excluding carboxylic acids is 2. The Bertz CT molecular complexity index is 1260. The van der Waals surface area contributed by atoms with Gasteiger partial charge in [0.05, 0.1) is 17.4 Å². The summed E-state index contributed by atoms with van der Waals surface area (Å²) in [6.07, 6.45) is 6.61. The molecule has 0 unspecified atom stereocenters. The first-order chi connectivity index (χ1) is 14.6. The molecule has 0 aliphatic rings. The van der Waals surface area contributed by atoms with Crippen molar-refractivity contribution in [3.05, 3.63) is 106 Å². The minimum Gasteiger partial charge on any atom is -0.313 e. The van der Waals surface area contributed by atoms with Crippen LogP contribution >= 0.6 is 15.9 Å². The number of benzene rings is 1. The van der Waals surface area contributed by atoms with Crippen LogP contribution in [0.25, 0.3) is 5.52 Å². The van der Waals surface area contributed by atoms with E-state index in [1.807, 2.05) is 35.7 Å². The van der Waals surface area contributed by atoms with Gasteiger partial charge in [-0.15, -0.1) is 0 Å². The van der Waals surface area contributed by atoms with Crippen LogP contribution in [0, 0.1) is 6.92 Å². The van der Waals surface area contributed by atoms with Crippen LogP contribution in [0.4, 0.5) is 0 Å². The highest BCUT2D eigenvalue weighted by Gasteiger charge is 2.20. The number of rotatable bonds is 5. The number of hydrogen-bond acceptors (Lipinski definition) is 4. The zero-order valence-electron chi connectivity index (χ0n) is 16.0. The zero-order valence-corrected chi connectivity index (χ0v) is 17.6. The molecule has 4 rings (SSSR count). The molecule has 0 saturated heterocycles. The molecule has 148 valence electrons. The summed E-state index contributed by atoms with van der Waals surface area (Å²) >= 11 is 3.34. The van der Waals surface area contributed by atoms with Gasteiger partial charge in [0.2, 0.25) is 5.78 Å². The van der Waals surface area contributed by atoms with Crippen molar-refractivity contribution < 1.29 is 9.59 Å². The van der Waals surface area contributed by atoms with Gasteiger partial charge in [-0.1, -0.05) is 22.0 Å². The van der Waals surface area contributed by atoms with Crippen LogP contribution < -0.4 is 5.43 Å². The molecule has 7 heteroatoms. The van der Waals surface area contributed by atoms with Crippen LogP contribution in [0.2, 0.25) is 0 Å². The number of amides is 1. The van der Waals surface area contributed by atoms with E-state index in [1.165, 1.54) is 0 Å². The second-order valence-electron chi connectivity index (χ2n) is 6.61. The lowest BCUT2D eigenvalue weighted by molar-refractivity contribution is 0.0954. The molecule has 0 saturated carbocycles. The number of fused-ring (bicyclic) bond motifs is 1. The number of nitrogens with zero attached hydrogens (tertiary/aromatic N) is 3. The molecule has 0 fully saturated rings. The molecule has 1 N–H and O–H groups in total. The Morgan fingerprint density at radius 2 is 1.77 bits per heavy atom. The van der Waals surface area contributed by atoms with E-state index < -0.39 is 0 Å². The quantitative estimate of drug-likeness (QED) is 0.272. The third-order valence-electron chi connectivity index (χ3n) is 4.76. The van der Waals surface area contributed by atoms with Crippen LogP contribution in [0.1, 0.15) is 37.5 Å². The molecule has 0 atom stereocenters. The van der Waals surface area contributed by atoms with Crippen molar-refractivity contribution in [3.63, 3.8) is 0 Å². The van der Waals surface area contributed by atoms with Crippen LogP contribution in [-0.2, 0) is 0 Å². The van der Waals surface area contributed by atoms with E-state index in [9.17, 15) is 9.59 Å². The second-order valence-corrected chi connectivity index (χ2v) is 7.53. The van der Waals surface area contributed by atoms with Gasteiger partial charge in [0.15, 0.2) is 0 Å². The maximum Gasteiger partial charge on any atom is 0.271 e. The van der Waals surface area contributed by atoms with Gasteiger partial charge < -0.3 is 4.40 Å². The molecule has 0 aliphatic carbocycles. The van der Waals surface area contributed by atoms with E-state index in [2.05, 4.69) is 31.4 Å². The SMILES string of the molecule is Cc1c(/C=N/NC(=O)c2ccc(Br)cc2)c2ccccn2c1C(=O)c1ccncc1. The van der Waals surface area contributed by atoms with Crippen LogP contribution in [0.5, 0.6) is 0 Å². The number of halogens is 1. The number of carbonyl (C=O) groups is 2. The van der Waals surface area contributed by atoms with Crippen LogP contribution in [-0.4, -0.2) is 27.3 Å². The third-order valence-corrected chi connectivity index (χ3v) is 5.29. The maximum absolute atomic E-state index is 13.1. The number of ketones is 1. The van der Waals surface area contributed by atoms with E-state index >= 15 is 0 Å². The van der Waals surface area contributed by atoms with Gasteiger partial charge in [-0.05, 0) is 61.0 Å². The number of hydrogen-bond donors (Lipinski definition) is 1. The molecule has 3 aromatic heterocycles. The average Bonchev–Trinajstić information content (AvgIpc) is 3.05. The fourth-order valence-electron chi connectivity index (χ4n) is 3.26. The van der Waals surface area contributed by atoms with Gasteiger partial charge in [-0.2, -0.15) is 5.10 Å². The molecule has 1 amide bonds. The van der Waals surface area contributed by atoms with Crippen molar-refractivity contribution >= 4 is 39.4 Å². The summed E-state index contributed by atoms with van der Waals surface area (Å²) in [7, 11) is 0. The number of nitrogens with one attached hydrogen (secondary N) is 1. The minimum absolute atomic E-state index is 0.102. The first-order valence-electron chi connectivity index (χ1n) is 9.19. The van der Waals surface area contributed by atoms with Crippen molar-refractivity contribution in [2.24, 2.45) is 5.10 Å². The lowest BCUT2D eigenvalue weighted by Gasteiger charge is -2.03. The lowest BCUT2D eigenvalue weighted by atomic mass is 10.1. The van der Waals surface area contributed by atoms with Gasteiger partial charge in [-0.3, -0.25) is 14.6 Å². The van der Waals surface area contributed by atoms with Crippen molar-refractivity contribution in [2.45, 2.75) is 6.92 Å². The van der Waals surface area contributed by atoms with E-state index in [0.717, 1.165) is 21.1 Å². The van der Waals surface area contributed by atoms with Gasteiger partial charge in [0.1, 0.15) is 0 Å². The van der Waals surface area contributed by atoms with Gasteiger partial charge in [0, 0.05) is 39.8 Å². The Labute approximate surface area is 181 Å². The molecule has 0 radical (unpaired) electrons. The van der Waals surface area contributed by atoms with Crippen molar-refractivity contribution in [1.29, 1.82) is 0 Å². The highest BCUT2D eigenvalue weighted by atomic mass is 79.9. The minimum atomic E-state index is -0.312. The van der Waals surface area contributed by atoms with Crippen molar-refractivity contribution in [2.75, 3.05) is 0 Å². The predicted molar refractivity (Wildman–Crippen MR) is 119 cm³/mol. The molecule has 1 aromatic carbocycles. The number of hydrazone groups is 1. The third kappa shape index (κ3) is 3.79. The highest BCUT2D eigenvalue weighted by Crippen LogP contribution is 2.24. The summed E-state index contributed by atoms with van der Waals surface area (Å²) in [6.45, 7) is 1.87. The highest BCUT2D eigenvalue weighted by molar-refractivity contribution is 9.10. The van der Waals surface area contributed by atoms with Gasteiger partial charge in [0.25, 0.3) is 5.91 Å². The first-order valence-corrected chi connectivity index (χ1v) is 9.99. The molecule has 0 aliphatic heterocycles. The number of pyridine rings is 2. The van der Waals surface area contributed by atoms with Crippen LogP contribution in [0.15, 0.2) is 82.8 Å². The zero-order chi connectivity index (χ0) is 21.1. The molecule has 0 spiro atoms. The summed E-state index contributed by atoms with van der Waals surface area (Å²) in [5.41, 5.74) is 6.53. The summed E-state index contributed by atoms with van der Waals surface area (Å²) in [5, 5.41) is 4.13. The molecule has 3 heterocycles. The summed E-state index contributed by atoms with van der Waals surface area (Å²) in [4.78, 5) is 29.4. The van der Waals surface area contributed by atoms with E-state index in [1.54, 1.807) is 55.0 Å². The molecule has 6 nitrogen and oxygen atoms in total. The Hall–Kier alpha value is -3.58. The fraction of sp³-hybridized carbons (Fsp3) is 0.0435. The maximum atomic E-state index is 13.1. The van der Waals surface area contributed by atoms with Gasteiger partial charge in [-0.25, -0.2) is 5.43 Å². The topological polar surface area (TPSA) is 75.8 Å². The Morgan fingerprint density at radius 3 is 2.50 bits per heavy atom. The average molecular weight is 461 g/mol. The fourth-order valence-corrected chi connectivity index (χ4v) is 3.53. The molecule has 0 bridgehead atoms. The summed E-state index contributed by atoms with van der Waals surface area (Å²) in [5.74, 6) is -0.414. The largest absolute Gasteiger partial charge is 0.313 e. The standard InChI is InChI=1S/C23H17BrN4O2/c1-15-19(14-26-27-23(30)17-5-7-18(24)8-6-17)20-4-2-3-13-28(20)21(15)22(29)16-9-11-25-12-10-16/h2-14H,1H3,(H,27,30)/b26-14+. The van der Waals surface area contributed by atoms with Crippen molar-refractivity contribution in [3.8, 4) is 0 Å².